The molecule has 0 radical (unpaired) electrons. The Hall–Kier alpha value is -1.18. The van der Waals surface area contributed by atoms with E-state index in [0.29, 0.717) is 11.6 Å². The molecule has 0 bridgehead atoms. The van der Waals surface area contributed by atoms with Gasteiger partial charge in [-0.05, 0) is 54.8 Å². The summed E-state index contributed by atoms with van der Waals surface area (Å²) in [7, 11) is 0. The molecule has 0 amide bonds. The molecule has 2 rings (SSSR count). The quantitative estimate of drug-likeness (QED) is 0.688. The number of alkyl halides is 1. The number of ether oxygens (including phenoxy) is 1. The van der Waals surface area contributed by atoms with E-state index in [1.807, 2.05) is 50.2 Å². The van der Waals surface area contributed by atoms with E-state index in [-0.39, 0.29) is 5.38 Å². The summed E-state index contributed by atoms with van der Waals surface area (Å²) in [5, 5.41) is 0.514. The fourth-order valence-corrected chi connectivity index (χ4v) is 2.57. The van der Waals surface area contributed by atoms with Crippen molar-refractivity contribution in [2.75, 3.05) is 6.61 Å². The van der Waals surface area contributed by atoms with Crippen LogP contribution in [-0.2, 0) is 0 Å². The van der Waals surface area contributed by atoms with Crippen molar-refractivity contribution >= 4 is 23.2 Å². The van der Waals surface area contributed by atoms with Crippen molar-refractivity contribution in [3.05, 3.63) is 64.2 Å². The molecule has 2 aromatic rings. The second kappa shape index (κ2) is 6.31. The average molecular weight is 295 g/mol. The van der Waals surface area contributed by atoms with Crippen LogP contribution in [0.15, 0.2) is 42.5 Å². The van der Waals surface area contributed by atoms with E-state index in [1.165, 1.54) is 0 Å². The first-order chi connectivity index (χ1) is 9.10. The summed E-state index contributed by atoms with van der Waals surface area (Å²) in [6.45, 7) is 4.64. The molecule has 0 aliphatic heterocycles. The molecule has 0 saturated carbocycles. The van der Waals surface area contributed by atoms with Gasteiger partial charge in [-0.1, -0.05) is 29.8 Å². The highest BCUT2D eigenvalue weighted by molar-refractivity contribution is 6.31. The van der Waals surface area contributed by atoms with Crippen LogP contribution in [0.2, 0.25) is 5.02 Å². The molecule has 0 fully saturated rings. The van der Waals surface area contributed by atoms with E-state index in [9.17, 15) is 0 Å². The largest absolute Gasteiger partial charge is 0.494 e. The summed E-state index contributed by atoms with van der Waals surface area (Å²) in [6, 6.07) is 13.7. The van der Waals surface area contributed by atoms with Crippen molar-refractivity contribution in [3.63, 3.8) is 0 Å². The van der Waals surface area contributed by atoms with Gasteiger partial charge in [-0.3, -0.25) is 0 Å². The summed E-state index contributed by atoms with van der Waals surface area (Å²) in [5.41, 5.74) is 3.15. The van der Waals surface area contributed by atoms with E-state index in [1.54, 1.807) is 0 Å². The minimum atomic E-state index is -0.201. The number of hydrogen-bond acceptors (Lipinski definition) is 1. The van der Waals surface area contributed by atoms with E-state index >= 15 is 0 Å². The number of hydrogen-bond donors (Lipinski definition) is 0. The second-order valence-electron chi connectivity index (χ2n) is 4.43. The Kier molecular flexibility index (Phi) is 4.73. The molecule has 0 saturated heterocycles. The molecular formula is C16H16Cl2O. The molecule has 1 atom stereocenters. The summed E-state index contributed by atoms with van der Waals surface area (Å²) >= 11 is 12.6. The molecular weight excluding hydrogens is 279 g/mol. The van der Waals surface area contributed by atoms with E-state index in [2.05, 4.69) is 6.07 Å². The van der Waals surface area contributed by atoms with Gasteiger partial charge in [-0.15, -0.1) is 11.6 Å². The first-order valence-corrected chi connectivity index (χ1v) is 7.05. The Morgan fingerprint density at radius 1 is 1.05 bits per heavy atom. The smallest absolute Gasteiger partial charge is 0.119 e. The van der Waals surface area contributed by atoms with Gasteiger partial charge in [0.15, 0.2) is 0 Å². The van der Waals surface area contributed by atoms with E-state index < -0.39 is 0 Å². The van der Waals surface area contributed by atoms with Gasteiger partial charge >= 0.3 is 0 Å². The lowest BCUT2D eigenvalue weighted by atomic mass is 10.0. The lowest BCUT2D eigenvalue weighted by Crippen LogP contribution is -1.95. The van der Waals surface area contributed by atoms with Gasteiger partial charge in [0.1, 0.15) is 5.75 Å². The second-order valence-corrected chi connectivity index (χ2v) is 5.30. The molecule has 1 unspecified atom stereocenters. The Morgan fingerprint density at radius 3 is 2.32 bits per heavy atom. The molecule has 0 N–H and O–H groups in total. The van der Waals surface area contributed by atoms with Crippen LogP contribution in [0.4, 0.5) is 0 Å². The van der Waals surface area contributed by atoms with Gasteiger partial charge in [0.2, 0.25) is 0 Å². The normalized spacial score (nSPS) is 12.2. The minimum absolute atomic E-state index is 0.201. The summed E-state index contributed by atoms with van der Waals surface area (Å²) in [6.07, 6.45) is 0. The molecule has 100 valence electrons. The Morgan fingerprint density at radius 2 is 1.74 bits per heavy atom. The maximum absolute atomic E-state index is 6.51. The van der Waals surface area contributed by atoms with Gasteiger partial charge in [-0.2, -0.15) is 0 Å². The van der Waals surface area contributed by atoms with Crippen LogP contribution < -0.4 is 4.74 Å². The van der Waals surface area contributed by atoms with Gasteiger partial charge < -0.3 is 4.74 Å². The van der Waals surface area contributed by atoms with Crippen LogP contribution in [0, 0.1) is 6.92 Å². The number of halogens is 2. The van der Waals surface area contributed by atoms with Crippen molar-refractivity contribution in [1.29, 1.82) is 0 Å². The topological polar surface area (TPSA) is 9.23 Å². The molecule has 1 nitrogen and oxygen atoms in total. The van der Waals surface area contributed by atoms with Crippen LogP contribution in [0.1, 0.15) is 29.0 Å². The van der Waals surface area contributed by atoms with Gasteiger partial charge in [-0.25, -0.2) is 0 Å². The molecule has 0 aromatic heterocycles. The third-order valence-corrected chi connectivity index (χ3v) is 3.56. The lowest BCUT2D eigenvalue weighted by molar-refractivity contribution is 0.340. The number of rotatable bonds is 4. The van der Waals surface area contributed by atoms with Crippen molar-refractivity contribution in [2.45, 2.75) is 19.2 Å². The van der Waals surface area contributed by atoms with Crippen LogP contribution >= 0.6 is 23.2 Å². The minimum Gasteiger partial charge on any atom is -0.494 e. The predicted molar refractivity (Wildman–Crippen MR) is 81.5 cm³/mol. The van der Waals surface area contributed by atoms with Crippen LogP contribution in [0.25, 0.3) is 0 Å². The van der Waals surface area contributed by atoms with E-state index in [4.69, 9.17) is 27.9 Å². The molecule has 0 heterocycles. The molecule has 0 aliphatic rings. The van der Waals surface area contributed by atoms with Gasteiger partial charge in [0, 0.05) is 5.02 Å². The van der Waals surface area contributed by atoms with Crippen molar-refractivity contribution < 1.29 is 4.74 Å². The molecule has 19 heavy (non-hydrogen) atoms. The lowest BCUT2D eigenvalue weighted by Gasteiger charge is -2.12. The fourth-order valence-electron chi connectivity index (χ4n) is 2.00. The zero-order chi connectivity index (χ0) is 13.8. The predicted octanol–water partition coefficient (Wildman–Crippen LogP) is 5.38. The van der Waals surface area contributed by atoms with Gasteiger partial charge in [0.05, 0.1) is 12.0 Å². The third kappa shape index (κ3) is 3.65. The van der Waals surface area contributed by atoms with Crippen LogP contribution in [0.3, 0.4) is 0 Å². The highest BCUT2D eigenvalue weighted by Gasteiger charge is 2.12. The van der Waals surface area contributed by atoms with E-state index in [0.717, 1.165) is 22.4 Å². The Labute approximate surface area is 124 Å². The monoisotopic (exact) mass is 294 g/mol. The highest BCUT2D eigenvalue weighted by Crippen LogP contribution is 2.32. The summed E-state index contributed by atoms with van der Waals surface area (Å²) < 4.78 is 5.42. The first-order valence-electron chi connectivity index (χ1n) is 6.24. The Balaban J connectivity index is 2.25. The zero-order valence-electron chi connectivity index (χ0n) is 11.0. The maximum Gasteiger partial charge on any atom is 0.119 e. The maximum atomic E-state index is 6.51. The molecule has 0 spiro atoms. The average Bonchev–Trinajstić information content (AvgIpc) is 2.38. The van der Waals surface area contributed by atoms with Crippen LogP contribution in [-0.4, -0.2) is 6.61 Å². The van der Waals surface area contributed by atoms with Gasteiger partial charge in [0.25, 0.3) is 0 Å². The standard InChI is InChI=1S/C16H16Cl2O/c1-3-19-15-6-4-12(5-7-15)16(18)13-8-11(2)9-14(17)10-13/h4-10,16H,3H2,1-2H3. The van der Waals surface area contributed by atoms with Crippen molar-refractivity contribution in [1.82, 2.24) is 0 Å². The molecule has 3 heteroatoms. The Bertz CT molecular complexity index is 529. The number of aryl methyl sites for hydroxylation is 1. The first kappa shape index (κ1) is 14.2. The van der Waals surface area contributed by atoms with Crippen molar-refractivity contribution in [3.8, 4) is 5.75 Å². The third-order valence-electron chi connectivity index (χ3n) is 2.84. The summed E-state index contributed by atoms with van der Waals surface area (Å²) in [4.78, 5) is 0. The molecule has 2 aromatic carbocycles. The highest BCUT2D eigenvalue weighted by atomic mass is 35.5. The SMILES string of the molecule is CCOc1ccc(C(Cl)c2cc(C)cc(Cl)c2)cc1. The number of benzene rings is 2. The van der Waals surface area contributed by atoms with Crippen molar-refractivity contribution in [2.24, 2.45) is 0 Å². The zero-order valence-corrected chi connectivity index (χ0v) is 12.5. The fraction of sp³-hybridized carbons (Fsp3) is 0.250. The van der Waals surface area contributed by atoms with Crippen LogP contribution in [0.5, 0.6) is 5.75 Å². The molecule has 0 aliphatic carbocycles. The summed E-state index contributed by atoms with van der Waals surface area (Å²) in [5.74, 6) is 0.859.